The van der Waals surface area contributed by atoms with Crippen molar-refractivity contribution in [3.8, 4) is 0 Å². The van der Waals surface area contributed by atoms with Crippen LogP contribution in [-0.4, -0.2) is 29.5 Å². The summed E-state index contributed by atoms with van der Waals surface area (Å²) >= 11 is 6.08. The van der Waals surface area contributed by atoms with E-state index in [0.717, 1.165) is 16.8 Å². The number of aliphatic hydroxyl groups is 2. The van der Waals surface area contributed by atoms with Gasteiger partial charge in [0.1, 0.15) is 5.76 Å². The first-order chi connectivity index (χ1) is 8.10. The van der Waals surface area contributed by atoms with Crippen LogP contribution in [0.3, 0.4) is 0 Å². The van der Waals surface area contributed by atoms with E-state index in [1.54, 1.807) is 6.07 Å². The normalized spacial score (nSPS) is 12.9. The molecule has 1 aromatic carbocycles. The van der Waals surface area contributed by atoms with Crippen LogP contribution in [0.1, 0.15) is 5.76 Å². The Labute approximate surface area is 104 Å². The second-order valence-corrected chi connectivity index (χ2v) is 4.36. The highest BCUT2D eigenvalue weighted by Gasteiger charge is 2.08. The molecule has 1 heterocycles. The standard InChI is InChI=1S/C12H14ClNO3/c1-7-2-8-3-9(14-5-10(16)6-15)4-11(13)12(8)17-7/h2-4,10,14-16H,5-6H2,1H3. The van der Waals surface area contributed by atoms with E-state index >= 15 is 0 Å². The molecule has 0 radical (unpaired) electrons. The summed E-state index contributed by atoms with van der Waals surface area (Å²) in [6.07, 6.45) is -0.782. The molecule has 3 N–H and O–H groups in total. The lowest BCUT2D eigenvalue weighted by Crippen LogP contribution is -2.22. The lowest BCUT2D eigenvalue weighted by molar-refractivity contribution is 0.105. The zero-order chi connectivity index (χ0) is 12.4. The van der Waals surface area contributed by atoms with E-state index in [9.17, 15) is 5.11 Å². The summed E-state index contributed by atoms with van der Waals surface area (Å²) in [4.78, 5) is 0. The van der Waals surface area contributed by atoms with E-state index in [1.165, 1.54) is 0 Å². The van der Waals surface area contributed by atoms with Crippen molar-refractivity contribution in [2.24, 2.45) is 0 Å². The van der Waals surface area contributed by atoms with Gasteiger partial charge in [0.05, 0.1) is 17.7 Å². The van der Waals surface area contributed by atoms with Crippen molar-refractivity contribution >= 4 is 28.3 Å². The van der Waals surface area contributed by atoms with Crippen LogP contribution in [0, 0.1) is 6.92 Å². The number of benzene rings is 1. The van der Waals surface area contributed by atoms with Gasteiger partial charge in [-0.15, -0.1) is 0 Å². The molecular formula is C12H14ClNO3. The van der Waals surface area contributed by atoms with Crippen LogP contribution >= 0.6 is 11.6 Å². The molecule has 2 rings (SSSR count). The van der Waals surface area contributed by atoms with Crippen LogP contribution in [0.25, 0.3) is 11.0 Å². The lowest BCUT2D eigenvalue weighted by atomic mass is 10.2. The van der Waals surface area contributed by atoms with E-state index in [0.29, 0.717) is 10.6 Å². The topological polar surface area (TPSA) is 65.6 Å². The number of halogens is 1. The SMILES string of the molecule is Cc1cc2cc(NCC(O)CO)cc(Cl)c2o1. The summed E-state index contributed by atoms with van der Waals surface area (Å²) in [5.41, 5.74) is 1.45. The van der Waals surface area contributed by atoms with Crippen LogP contribution in [0.4, 0.5) is 5.69 Å². The van der Waals surface area contributed by atoms with Gasteiger partial charge in [-0.05, 0) is 25.1 Å². The number of hydrogen-bond donors (Lipinski definition) is 3. The highest BCUT2D eigenvalue weighted by atomic mass is 35.5. The molecule has 0 amide bonds. The number of furan rings is 1. The average Bonchev–Trinajstić information content (AvgIpc) is 2.67. The molecule has 5 heteroatoms. The zero-order valence-corrected chi connectivity index (χ0v) is 10.2. The van der Waals surface area contributed by atoms with E-state index in [2.05, 4.69) is 5.32 Å². The number of nitrogens with one attached hydrogen (secondary N) is 1. The predicted molar refractivity (Wildman–Crippen MR) is 67.5 cm³/mol. The third-order valence-electron chi connectivity index (χ3n) is 2.45. The Morgan fingerprint density at radius 3 is 2.88 bits per heavy atom. The predicted octanol–water partition coefficient (Wildman–Crippen LogP) is 2.16. The Morgan fingerprint density at radius 1 is 1.41 bits per heavy atom. The minimum Gasteiger partial charge on any atom is -0.460 e. The average molecular weight is 256 g/mol. The van der Waals surface area contributed by atoms with Crippen molar-refractivity contribution in [2.45, 2.75) is 13.0 Å². The van der Waals surface area contributed by atoms with Crippen molar-refractivity contribution in [1.82, 2.24) is 0 Å². The van der Waals surface area contributed by atoms with Crippen LogP contribution < -0.4 is 5.32 Å². The third kappa shape index (κ3) is 2.72. The highest BCUT2D eigenvalue weighted by Crippen LogP contribution is 2.30. The van der Waals surface area contributed by atoms with Gasteiger partial charge in [0, 0.05) is 17.6 Å². The fourth-order valence-electron chi connectivity index (χ4n) is 1.64. The quantitative estimate of drug-likeness (QED) is 0.783. The molecule has 0 aliphatic carbocycles. The Hall–Kier alpha value is -1.23. The summed E-state index contributed by atoms with van der Waals surface area (Å²) in [6.45, 7) is 1.86. The summed E-state index contributed by atoms with van der Waals surface area (Å²) in [6, 6.07) is 5.52. The first kappa shape index (κ1) is 12.2. The molecule has 0 aliphatic heterocycles. The molecule has 0 saturated carbocycles. The van der Waals surface area contributed by atoms with Crippen LogP contribution in [0.5, 0.6) is 0 Å². The molecular weight excluding hydrogens is 242 g/mol. The lowest BCUT2D eigenvalue weighted by Gasteiger charge is -2.10. The van der Waals surface area contributed by atoms with Crippen LogP contribution in [0.2, 0.25) is 5.02 Å². The minimum atomic E-state index is -0.782. The molecule has 92 valence electrons. The fourth-order valence-corrected chi connectivity index (χ4v) is 1.91. The van der Waals surface area contributed by atoms with Gasteiger partial charge in [0.15, 0.2) is 5.58 Å². The fraction of sp³-hybridized carbons (Fsp3) is 0.333. The van der Waals surface area contributed by atoms with Gasteiger partial charge in [-0.1, -0.05) is 11.6 Å². The molecule has 0 spiro atoms. The van der Waals surface area contributed by atoms with Crippen molar-refractivity contribution in [3.63, 3.8) is 0 Å². The zero-order valence-electron chi connectivity index (χ0n) is 9.40. The number of aliphatic hydroxyl groups excluding tert-OH is 2. The Kier molecular flexibility index (Phi) is 3.57. The molecule has 4 nitrogen and oxygen atoms in total. The highest BCUT2D eigenvalue weighted by molar-refractivity contribution is 6.35. The van der Waals surface area contributed by atoms with Crippen molar-refractivity contribution in [3.05, 3.63) is 29.0 Å². The number of fused-ring (bicyclic) bond motifs is 1. The van der Waals surface area contributed by atoms with Gasteiger partial charge < -0.3 is 19.9 Å². The molecule has 2 aromatic rings. The summed E-state index contributed by atoms with van der Waals surface area (Å²) in [5, 5.41) is 22.4. The maximum absolute atomic E-state index is 9.24. The maximum Gasteiger partial charge on any atom is 0.152 e. The van der Waals surface area contributed by atoms with Gasteiger partial charge in [-0.25, -0.2) is 0 Å². The number of rotatable bonds is 4. The monoisotopic (exact) mass is 255 g/mol. The third-order valence-corrected chi connectivity index (χ3v) is 2.73. The largest absolute Gasteiger partial charge is 0.460 e. The Bertz CT molecular complexity index is 524. The van der Waals surface area contributed by atoms with Gasteiger partial charge in [0.25, 0.3) is 0 Å². The van der Waals surface area contributed by atoms with Crippen molar-refractivity contribution in [1.29, 1.82) is 0 Å². The van der Waals surface area contributed by atoms with E-state index in [1.807, 2.05) is 19.1 Å². The second-order valence-electron chi connectivity index (χ2n) is 3.95. The van der Waals surface area contributed by atoms with Gasteiger partial charge in [-0.2, -0.15) is 0 Å². The van der Waals surface area contributed by atoms with Gasteiger partial charge >= 0.3 is 0 Å². The molecule has 1 unspecified atom stereocenters. The number of aryl methyl sites for hydroxylation is 1. The molecule has 0 bridgehead atoms. The summed E-state index contributed by atoms with van der Waals surface area (Å²) in [7, 11) is 0. The number of anilines is 1. The molecule has 0 saturated heterocycles. The smallest absolute Gasteiger partial charge is 0.152 e. The second kappa shape index (κ2) is 4.96. The maximum atomic E-state index is 9.24. The summed E-state index contributed by atoms with van der Waals surface area (Å²) in [5.74, 6) is 0.800. The van der Waals surface area contributed by atoms with Gasteiger partial charge in [-0.3, -0.25) is 0 Å². The first-order valence-electron chi connectivity index (χ1n) is 5.32. The molecule has 17 heavy (non-hydrogen) atoms. The Morgan fingerprint density at radius 2 is 2.18 bits per heavy atom. The molecule has 1 aromatic heterocycles. The Balaban J connectivity index is 2.24. The molecule has 1 atom stereocenters. The van der Waals surface area contributed by atoms with Crippen molar-refractivity contribution in [2.75, 3.05) is 18.5 Å². The van der Waals surface area contributed by atoms with E-state index in [4.69, 9.17) is 21.1 Å². The molecule has 0 fully saturated rings. The van der Waals surface area contributed by atoms with E-state index in [-0.39, 0.29) is 13.2 Å². The number of hydrogen-bond acceptors (Lipinski definition) is 4. The van der Waals surface area contributed by atoms with Gasteiger partial charge in [0.2, 0.25) is 0 Å². The summed E-state index contributed by atoms with van der Waals surface area (Å²) < 4.78 is 5.45. The van der Waals surface area contributed by atoms with E-state index < -0.39 is 6.10 Å². The minimum absolute atomic E-state index is 0.270. The molecule has 0 aliphatic rings. The van der Waals surface area contributed by atoms with Crippen LogP contribution in [0.15, 0.2) is 22.6 Å². The first-order valence-corrected chi connectivity index (χ1v) is 5.70. The van der Waals surface area contributed by atoms with Crippen LogP contribution in [-0.2, 0) is 0 Å². The van der Waals surface area contributed by atoms with Crippen molar-refractivity contribution < 1.29 is 14.6 Å².